The first-order valence-electron chi connectivity index (χ1n) is 11.3. The highest BCUT2D eigenvalue weighted by Gasteiger charge is 2.40. The average molecular weight is 446 g/mol. The topological polar surface area (TPSA) is 104 Å². The number of aryl methyl sites for hydroxylation is 1. The highest BCUT2D eigenvalue weighted by Crippen LogP contribution is 2.38. The Labute approximate surface area is 191 Å². The number of methoxy groups -OCH3 is 1. The Balaban J connectivity index is 1.56. The molecule has 5 rings (SSSR count). The Morgan fingerprint density at radius 1 is 1.18 bits per heavy atom. The molecule has 0 aliphatic heterocycles. The summed E-state index contributed by atoms with van der Waals surface area (Å²) < 4.78 is 9.20. The van der Waals surface area contributed by atoms with Gasteiger partial charge < -0.3 is 4.74 Å². The number of hydrogen-bond donors (Lipinski definition) is 1. The summed E-state index contributed by atoms with van der Waals surface area (Å²) in [6.07, 6.45) is 9.58. The maximum Gasteiger partial charge on any atom is 0.329 e. The Hall–Kier alpha value is -3.59. The van der Waals surface area contributed by atoms with E-state index in [1.54, 1.807) is 13.3 Å². The van der Waals surface area contributed by atoms with Gasteiger partial charge in [-0.25, -0.2) is 4.79 Å². The molecule has 2 unspecified atom stereocenters. The standard InChI is InChI=1S/C24H27N7O2/c1-3-4-7-17-15-31(21-12-22(21)33-2)24(32)30(17)14-16-13-25-11-10-18(16)19-8-5-6-9-20(19)23-26-28-29-27-23/h5-6,8-11,13,15,21-22H,3-4,7,12,14H2,1-2H3,(H,26,27,28,29). The first-order chi connectivity index (χ1) is 16.2. The van der Waals surface area contributed by atoms with Crippen molar-refractivity contribution in [2.75, 3.05) is 7.11 Å². The van der Waals surface area contributed by atoms with Gasteiger partial charge in [-0.05, 0) is 47.2 Å². The van der Waals surface area contributed by atoms with E-state index in [1.807, 2.05) is 51.9 Å². The number of aromatic nitrogens is 7. The molecule has 170 valence electrons. The number of H-pyrrole nitrogens is 1. The number of hydrogen-bond acceptors (Lipinski definition) is 6. The van der Waals surface area contributed by atoms with E-state index in [1.165, 1.54) is 0 Å². The van der Waals surface area contributed by atoms with Gasteiger partial charge in [0.2, 0.25) is 5.82 Å². The second-order valence-corrected chi connectivity index (χ2v) is 8.39. The van der Waals surface area contributed by atoms with Crippen LogP contribution in [0.2, 0.25) is 0 Å². The molecule has 0 spiro atoms. The Kier molecular flexibility index (Phi) is 5.87. The monoisotopic (exact) mass is 445 g/mol. The lowest BCUT2D eigenvalue weighted by atomic mass is 9.96. The molecule has 1 aromatic carbocycles. The van der Waals surface area contributed by atoms with Gasteiger partial charge in [-0.15, -0.1) is 10.2 Å². The minimum atomic E-state index is 0.00640. The number of aromatic amines is 1. The molecule has 0 radical (unpaired) electrons. The number of nitrogens with one attached hydrogen (secondary N) is 1. The number of pyridine rings is 1. The van der Waals surface area contributed by atoms with Crippen molar-refractivity contribution >= 4 is 0 Å². The van der Waals surface area contributed by atoms with Crippen LogP contribution in [0.3, 0.4) is 0 Å². The molecule has 0 saturated heterocycles. The van der Waals surface area contributed by atoms with Crippen molar-refractivity contribution < 1.29 is 4.74 Å². The molecule has 1 aliphatic carbocycles. The number of ether oxygens (including phenoxy) is 1. The molecule has 4 aromatic rings. The summed E-state index contributed by atoms with van der Waals surface area (Å²) in [6.45, 7) is 2.61. The van der Waals surface area contributed by atoms with Crippen molar-refractivity contribution in [1.82, 2.24) is 34.7 Å². The number of imidazole rings is 1. The maximum atomic E-state index is 13.4. The SMILES string of the molecule is CCCCc1cn(C2CC2OC)c(=O)n1Cc1cnccc1-c1ccccc1-c1nn[nH]n1. The van der Waals surface area contributed by atoms with E-state index in [2.05, 4.69) is 32.5 Å². The second kappa shape index (κ2) is 9.11. The van der Waals surface area contributed by atoms with Crippen LogP contribution in [-0.4, -0.2) is 48.0 Å². The first-order valence-corrected chi connectivity index (χ1v) is 11.3. The summed E-state index contributed by atoms with van der Waals surface area (Å²) in [7, 11) is 1.70. The van der Waals surface area contributed by atoms with Gasteiger partial charge in [0.15, 0.2) is 0 Å². The lowest BCUT2D eigenvalue weighted by Gasteiger charge is -2.13. The second-order valence-electron chi connectivity index (χ2n) is 8.39. The van der Waals surface area contributed by atoms with Crippen LogP contribution in [0.1, 0.15) is 43.5 Å². The molecule has 3 heterocycles. The maximum absolute atomic E-state index is 13.4. The lowest BCUT2D eigenvalue weighted by molar-refractivity contribution is 0.169. The molecule has 3 aromatic heterocycles. The third-order valence-corrected chi connectivity index (χ3v) is 6.27. The first kappa shape index (κ1) is 21.3. The van der Waals surface area contributed by atoms with Crippen LogP contribution in [0.25, 0.3) is 22.5 Å². The van der Waals surface area contributed by atoms with E-state index in [-0.39, 0.29) is 17.8 Å². The van der Waals surface area contributed by atoms with Gasteiger partial charge in [0.05, 0.1) is 18.7 Å². The fraction of sp³-hybridized carbons (Fsp3) is 0.375. The van der Waals surface area contributed by atoms with E-state index in [4.69, 9.17) is 4.74 Å². The smallest absolute Gasteiger partial charge is 0.329 e. The summed E-state index contributed by atoms with van der Waals surface area (Å²) in [4.78, 5) is 17.8. The van der Waals surface area contributed by atoms with E-state index in [9.17, 15) is 4.79 Å². The summed E-state index contributed by atoms with van der Waals surface area (Å²) in [5.74, 6) is 0.527. The van der Waals surface area contributed by atoms with Gasteiger partial charge in [0.1, 0.15) is 0 Å². The largest absolute Gasteiger partial charge is 0.379 e. The minimum Gasteiger partial charge on any atom is -0.379 e. The zero-order valence-electron chi connectivity index (χ0n) is 18.8. The van der Waals surface area contributed by atoms with Crippen LogP contribution >= 0.6 is 0 Å². The van der Waals surface area contributed by atoms with E-state index in [0.29, 0.717) is 12.4 Å². The van der Waals surface area contributed by atoms with Crippen molar-refractivity contribution in [3.63, 3.8) is 0 Å². The van der Waals surface area contributed by atoms with Gasteiger partial charge in [-0.2, -0.15) is 5.21 Å². The van der Waals surface area contributed by atoms with Gasteiger partial charge in [0.25, 0.3) is 0 Å². The van der Waals surface area contributed by atoms with Gasteiger partial charge in [0, 0.05) is 37.0 Å². The molecule has 1 N–H and O–H groups in total. The quantitative estimate of drug-likeness (QED) is 0.424. The van der Waals surface area contributed by atoms with E-state index in [0.717, 1.165) is 53.6 Å². The summed E-state index contributed by atoms with van der Waals surface area (Å²) in [6, 6.07) is 10.0. The number of unbranched alkanes of at least 4 members (excludes halogenated alkanes) is 1. The van der Waals surface area contributed by atoms with Crippen molar-refractivity contribution in [2.45, 2.75) is 51.3 Å². The van der Waals surface area contributed by atoms with Gasteiger partial charge in [-0.3, -0.25) is 14.1 Å². The van der Waals surface area contributed by atoms with Crippen LogP contribution in [0, 0.1) is 0 Å². The average Bonchev–Trinajstić information content (AvgIpc) is 3.29. The summed E-state index contributed by atoms with van der Waals surface area (Å²) in [5, 5.41) is 14.5. The zero-order valence-corrected chi connectivity index (χ0v) is 18.8. The molecule has 1 aliphatic rings. The third-order valence-electron chi connectivity index (χ3n) is 6.27. The minimum absolute atomic E-state index is 0.00640. The Bertz CT molecular complexity index is 1290. The van der Waals surface area contributed by atoms with Crippen LogP contribution < -0.4 is 5.69 Å². The lowest BCUT2D eigenvalue weighted by Crippen LogP contribution is -2.26. The molecule has 2 atom stereocenters. The van der Waals surface area contributed by atoms with Crippen molar-refractivity contribution in [3.05, 3.63) is 70.7 Å². The number of tetrazole rings is 1. The predicted molar refractivity (Wildman–Crippen MR) is 124 cm³/mol. The molecule has 0 amide bonds. The number of rotatable bonds is 9. The fourth-order valence-corrected chi connectivity index (χ4v) is 4.39. The molecule has 9 nitrogen and oxygen atoms in total. The molecule has 9 heteroatoms. The van der Waals surface area contributed by atoms with E-state index < -0.39 is 0 Å². The normalized spacial score (nSPS) is 17.4. The van der Waals surface area contributed by atoms with Crippen molar-refractivity contribution in [3.8, 4) is 22.5 Å². The summed E-state index contributed by atoms with van der Waals surface area (Å²) in [5.41, 5.74) is 4.85. The molecular formula is C24H27N7O2. The molecule has 0 bridgehead atoms. The molecular weight excluding hydrogens is 418 g/mol. The Morgan fingerprint density at radius 2 is 2.03 bits per heavy atom. The summed E-state index contributed by atoms with van der Waals surface area (Å²) >= 11 is 0. The number of nitrogens with zero attached hydrogens (tertiary/aromatic N) is 6. The van der Waals surface area contributed by atoms with E-state index >= 15 is 0 Å². The van der Waals surface area contributed by atoms with Gasteiger partial charge in [-0.1, -0.05) is 37.6 Å². The van der Waals surface area contributed by atoms with Crippen LogP contribution in [-0.2, 0) is 17.7 Å². The molecule has 1 saturated carbocycles. The van der Waals surface area contributed by atoms with Crippen LogP contribution in [0.15, 0.2) is 53.7 Å². The molecule has 1 fully saturated rings. The highest BCUT2D eigenvalue weighted by molar-refractivity contribution is 5.81. The van der Waals surface area contributed by atoms with Crippen LogP contribution in [0.5, 0.6) is 0 Å². The van der Waals surface area contributed by atoms with Crippen LogP contribution in [0.4, 0.5) is 0 Å². The zero-order chi connectivity index (χ0) is 22.8. The molecule has 33 heavy (non-hydrogen) atoms. The van der Waals surface area contributed by atoms with Crippen molar-refractivity contribution in [2.24, 2.45) is 0 Å². The highest BCUT2D eigenvalue weighted by atomic mass is 16.5. The third kappa shape index (κ3) is 4.11. The predicted octanol–water partition coefficient (Wildman–Crippen LogP) is 3.24. The number of benzene rings is 1. The van der Waals surface area contributed by atoms with Gasteiger partial charge >= 0.3 is 5.69 Å². The fourth-order valence-electron chi connectivity index (χ4n) is 4.39. The van der Waals surface area contributed by atoms with Crippen molar-refractivity contribution in [1.29, 1.82) is 0 Å². The Morgan fingerprint density at radius 3 is 2.76 bits per heavy atom.